The molecule has 140 valence electrons. The van der Waals surface area contributed by atoms with Crippen molar-refractivity contribution in [3.05, 3.63) is 59.7 Å². The maximum atomic E-state index is 13.2. The van der Waals surface area contributed by atoms with Crippen LogP contribution < -0.4 is 16.0 Å². The molecule has 7 nitrogen and oxygen atoms in total. The lowest BCUT2D eigenvalue weighted by Gasteiger charge is -2.22. The molecule has 0 saturated heterocycles. The Hall–Kier alpha value is -2.42. The predicted octanol–water partition coefficient (Wildman–Crippen LogP) is 1.23. The number of hydrogen-bond donors (Lipinski definition) is 2. The summed E-state index contributed by atoms with van der Waals surface area (Å²) in [6.07, 6.45) is 0.464. The molecule has 2 aromatic carbocycles. The van der Waals surface area contributed by atoms with E-state index in [0.29, 0.717) is 6.42 Å². The number of sulfonamides is 1. The van der Waals surface area contributed by atoms with Crippen LogP contribution in [0.15, 0.2) is 53.4 Å². The summed E-state index contributed by atoms with van der Waals surface area (Å²) in [6.45, 7) is 1.55. The lowest BCUT2D eigenvalue weighted by Crippen LogP contribution is -2.43. The Morgan fingerprint density at radius 3 is 2.50 bits per heavy atom. The number of hydrogen-bond acceptors (Lipinski definition) is 5. The molecule has 0 heterocycles. The van der Waals surface area contributed by atoms with Crippen LogP contribution in [0.5, 0.6) is 5.75 Å². The average Bonchev–Trinajstić information content (AvgIpc) is 2.65. The number of amides is 1. The monoisotopic (exact) mass is 377 g/mol. The molecule has 0 aliphatic carbocycles. The second-order valence-electron chi connectivity index (χ2n) is 5.80. The summed E-state index contributed by atoms with van der Waals surface area (Å²) in [5.74, 6) is 4.78. The molecule has 0 radical (unpaired) electrons. The zero-order valence-electron chi connectivity index (χ0n) is 14.8. The van der Waals surface area contributed by atoms with Gasteiger partial charge in [-0.3, -0.25) is 10.2 Å². The molecule has 3 N–H and O–H groups in total. The highest BCUT2D eigenvalue weighted by Gasteiger charge is 2.29. The summed E-state index contributed by atoms with van der Waals surface area (Å²) < 4.78 is 32.6. The first-order valence-corrected chi connectivity index (χ1v) is 9.50. The largest absolute Gasteiger partial charge is 0.495 e. The van der Waals surface area contributed by atoms with Crippen LogP contribution in [-0.4, -0.2) is 38.8 Å². The van der Waals surface area contributed by atoms with Gasteiger partial charge >= 0.3 is 0 Å². The summed E-state index contributed by atoms with van der Waals surface area (Å²) in [5.41, 5.74) is 3.72. The number of rotatable bonds is 8. The standard InChI is InChI=1S/C18H23N3O4S/c1-14-8-9-16(25-2)17(12-14)26(23,24)21(13-18(22)20-19)11-10-15-6-4-3-5-7-15/h3-9,12H,10-11,13,19H2,1-2H3,(H,20,22). The molecule has 0 aliphatic rings. The van der Waals surface area contributed by atoms with E-state index in [-0.39, 0.29) is 23.7 Å². The van der Waals surface area contributed by atoms with Gasteiger partial charge in [-0.2, -0.15) is 4.31 Å². The number of carbonyl (C=O) groups excluding carboxylic acids is 1. The van der Waals surface area contributed by atoms with E-state index in [0.717, 1.165) is 15.4 Å². The van der Waals surface area contributed by atoms with Crippen LogP contribution in [0.2, 0.25) is 0 Å². The van der Waals surface area contributed by atoms with Gasteiger partial charge in [-0.1, -0.05) is 36.4 Å². The van der Waals surface area contributed by atoms with Crippen LogP contribution in [0.4, 0.5) is 0 Å². The number of hydrazine groups is 1. The van der Waals surface area contributed by atoms with E-state index in [1.807, 2.05) is 35.8 Å². The predicted molar refractivity (Wildman–Crippen MR) is 99.0 cm³/mol. The molecule has 0 aromatic heterocycles. The van der Waals surface area contributed by atoms with Gasteiger partial charge < -0.3 is 4.74 Å². The highest BCUT2D eigenvalue weighted by atomic mass is 32.2. The van der Waals surface area contributed by atoms with E-state index in [9.17, 15) is 13.2 Å². The summed E-state index contributed by atoms with van der Waals surface area (Å²) in [6, 6.07) is 14.3. The number of nitrogens with two attached hydrogens (primary N) is 1. The van der Waals surface area contributed by atoms with Crippen LogP contribution in [0.1, 0.15) is 11.1 Å². The number of ether oxygens (including phenoxy) is 1. The Kier molecular flexibility index (Phi) is 6.73. The molecule has 0 aliphatic heterocycles. The van der Waals surface area contributed by atoms with Crippen molar-refractivity contribution in [3.63, 3.8) is 0 Å². The molecule has 0 atom stereocenters. The number of nitrogens with one attached hydrogen (secondary N) is 1. The third kappa shape index (κ3) is 4.81. The first-order chi connectivity index (χ1) is 12.4. The Labute approximate surface area is 153 Å². The molecule has 0 fully saturated rings. The molecule has 2 rings (SSSR count). The van der Waals surface area contributed by atoms with Crippen LogP contribution in [0.3, 0.4) is 0 Å². The zero-order chi connectivity index (χ0) is 19.2. The minimum atomic E-state index is -3.95. The van der Waals surface area contributed by atoms with Gasteiger partial charge in [0.2, 0.25) is 15.9 Å². The lowest BCUT2D eigenvalue weighted by molar-refractivity contribution is -0.121. The van der Waals surface area contributed by atoms with Crippen LogP contribution >= 0.6 is 0 Å². The molecule has 0 bridgehead atoms. The topological polar surface area (TPSA) is 102 Å². The van der Waals surface area contributed by atoms with Crippen molar-refractivity contribution < 1.29 is 17.9 Å². The lowest BCUT2D eigenvalue weighted by atomic mass is 10.1. The molecule has 8 heteroatoms. The van der Waals surface area contributed by atoms with Crippen molar-refractivity contribution in [1.82, 2.24) is 9.73 Å². The summed E-state index contributed by atoms with van der Waals surface area (Å²) in [5, 5.41) is 0. The maximum Gasteiger partial charge on any atom is 0.249 e. The molecular formula is C18H23N3O4S. The van der Waals surface area contributed by atoms with E-state index in [1.165, 1.54) is 13.2 Å². The second kappa shape index (κ2) is 8.79. The van der Waals surface area contributed by atoms with Crippen LogP contribution in [-0.2, 0) is 21.2 Å². The van der Waals surface area contributed by atoms with Crippen LogP contribution in [0, 0.1) is 6.92 Å². The number of nitrogens with zero attached hydrogens (tertiary/aromatic N) is 1. The van der Waals surface area contributed by atoms with Gasteiger partial charge in [0.05, 0.1) is 13.7 Å². The Morgan fingerprint density at radius 2 is 1.88 bits per heavy atom. The minimum Gasteiger partial charge on any atom is -0.495 e. The normalized spacial score (nSPS) is 11.4. The Balaban J connectivity index is 2.36. The summed E-state index contributed by atoms with van der Waals surface area (Å²) in [7, 11) is -2.54. The molecular weight excluding hydrogens is 354 g/mol. The minimum absolute atomic E-state index is 0.0258. The van der Waals surface area contributed by atoms with Crippen molar-refractivity contribution in [3.8, 4) is 5.75 Å². The van der Waals surface area contributed by atoms with E-state index < -0.39 is 15.9 Å². The quantitative estimate of drug-likeness (QED) is 0.409. The molecule has 0 spiro atoms. The third-order valence-corrected chi connectivity index (χ3v) is 5.78. The molecule has 0 saturated carbocycles. The maximum absolute atomic E-state index is 13.2. The Bertz CT molecular complexity index is 854. The van der Waals surface area contributed by atoms with Gasteiger partial charge in [-0.05, 0) is 36.6 Å². The zero-order valence-corrected chi connectivity index (χ0v) is 15.6. The van der Waals surface area contributed by atoms with Crippen LogP contribution in [0.25, 0.3) is 0 Å². The van der Waals surface area contributed by atoms with E-state index in [1.54, 1.807) is 19.1 Å². The first kappa shape index (κ1) is 19.9. The second-order valence-corrected chi connectivity index (χ2v) is 7.70. The van der Waals surface area contributed by atoms with Gasteiger partial charge in [-0.15, -0.1) is 0 Å². The fraction of sp³-hybridized carbons (Fsp3) is 0.278. The van der Waals surface area contributed by atoms with Gasteiger partial charge in [0.25, 0.3) is 0 Å². The van der Waals surface area contributed by atoms with E-state index in [2.05, 4.69) is 0 Å². The number of methoxy groups -OCH3 is 1. The highest BCUT2D eigenvalue weighted by molar-refractivity contribution is 7.89. The van der Waals surface area contributed by atoms with Gasteiger partial charge in [0.1, 0.15) is 10.6 Å². The van der Waals surface area contributed by atoms with Gasteiger partial charge in [0, 0.05) is 6.54 Å². The number of carbonyl (C=O) groups is 1. The van der Waals surface area contributed by atoms with E-state index >= 15 is 0 Å². The smallest absolute Gasteiger partial charge is 0.249 e. The van der Waals surface area contributed by atoms with Crippen molar-refractivity contribution in [1.29, 1.82) is 0 Å². The molecule has 26 heavy (non-hydrogen) atoms. The molecule has 0 unspecified atom stereocenters. The van der Waals surface area contributed by atoms with Gasteiger partial charge in [-0.25, -0.2) is 14.3 Å². The Morgan fingerprint density at radius 1 is 1.19 bits per heavy atom. The van der Waals surface area contributed by atoms with Crippen molar-refractivity contribution in [2.75, 3.05) is 20.2 Å². The molecule has 1 amide bonds. The first-order valence-electron chi connectivity index (χ1n) is 8.06. The van der Waals surface area contributed by atoms with E-state index in [4.69, 9.17) is 10.6 Å². The number of aryl methyl sites for hydroxylation is 1. The molecule has 2 aromatic rings. The fourth-order valence-corrected chi connectivity index (χ4v) is 4.15. The number of benzene rings is 2. The fourth-order valence-electron chi connectivity index (χ4n) is 2.51. The SMILES string of the molecule is COc1ccc(C)cc1S(=O)(=O)N(CCc1ccccc1)CC(=O)NN. The third-order valence-electron chi connectivity index (χ3n) is 3.91. The van der Waals surface area contributed by atoms with Crippen molar-refractivity contribution >= 4 is 15.9 Å². The van der Waals surface area contributed by atoms with Crippen molar-refractivity contribution in [2.24, 2.45) is 5.84 Å². The highest BCUT2D eigenvalue weighted by Crippen LogP contribution is 2.27. The summed E-state index contributed by atoms with van der Waals surface area (Å²) >= 11 is 0. The van der Waals surface area contributed by atoms with Crippen molar-refractivity contribution in [2.45, 2.75) is 18.2 Å². The van der Waals surface area contributed by atoms with Gasteiger partial charge in [0.15, 0.2) is 0 Å². The summed E-state index contributed by atoms with van der Waals surface area (Å²) in [4.78, 5) is 11.8. The average molecular weight is 377 g/mol.